The van der Waals surface area contributed by atoms with Crippen LogP contribution >= 0.6 is 0 Å². The van der Waals surface area contributed by atoms with Crippen LogP contribution in [0.2, 0.25) is 0 Å². The Bertz CT molecular complexity index is 808. The molecule has 0 aliphatic heterocycles. The molecule has 5 nitrogen and oxygen atoms in total. The van der Waals surface area contributed by atoms with Gasteiger partial charge in [-0.2, -0.15) is 13.2 Å². The van der Waals surface area contributed by atoms with Crippen LogP contribution in [0.1, 0.15) is 24.1 Å². The van der Waals surface area contributed by atoms with E-state index >= 15 is 0 Å². The van der Waals surface area contributed by atoms with Crippen molar-refractivity contribution in [1.82, 2.24) is 10.6 Å². The maximum atomic E-state index is 12.2. The minimum atomic E-state index is -4.39. The zero-order valence-corrected chi connectivity index (χ0v) is 16.0. The van der Waals surface area contributed by atoms with Gasteiger partial charge in [0, 0.05) is 12.1 Å². The molecule has 1 unspecified atom stereocenters. The van der Waals surface area contributed by atoms with Gasteiger partial charge in [0.15, 0.2) is 6.61 Å². The van der Waals surface area contributed by atoms with Gasteiger partial charge in [0.1, 0.15) is 18.1 Å². The summed E-state index contributed by atoms with van der Waals surface area (Å²) in [5.74, 6) is 0.772. The van der Waals surface area contributed by atoms with Crippen LogP contribution in [0.25, 0.3) is 0 Å². The minimum absolute atomic E-state index is 0.110. The molecule has 0 heterocycles. The molecule has 29 heavy (non-hydrogen) atoms. The van der Waals surface area contributed by atoms with E-state index < -0.39 is 12.8 Å². The van der Waals surface area contributed by atoms with E-state index in [0.717, 1.165) is 11.1 Å². The van der Waals surface area contributed by atoms with Crippen LogP contribution in [0.15, 0.2) is 61.2 Å². The Labute approximate surface area is 167 Å². The predicted octanol–water partition coefficient (Wildman–Crippen LogP) is 4.75. The standard InChI is InChI=1S/C21H23F3N2O3/c1-3-12-28-19-7-5-4-6-17(19)13-25-20(27)26-15(2)16-8-10-18(11-9-16)29-14-21(22,23)24/h3-11,15H,1,12-14H2,2H3,(H2,25,26,27). The average Bonchev–Trinajstić information content (AvgIpc) is 2.69. The number of halogens is 3. The largest absolute Gasteiger partial charge is 0.489 e. The number of ether oxygens (including phenoxy) is 2. The predicted molar refractivity (Wildman–Crippen MR) is 104 cm³/mol. The van der Waals surface area contributed by atoms with Crippen molar-refractivity contribution in [2.24, 2.45) is 0 Å². The number of alkyl halides is 3. The lowest BCUT2D eigenvalue weighted by atomic mass is 10.1. The van der Waals surface area contributed by atoms with Crippen LogP contribution in [-0.2, 0) is 6.54 Å². The van der Waals surface area contributed by atoms with Crippen LogP contribution in [0, 0.1) is 0 Å². The van der Waals surface area contributed by atoms with Crippen LogP contribution in [0.5, 0.6) is 11.5 Å². The van der Waals surface area contributed by atoms with Gasteiger partial charge >= 0.3 is 12.2 Å². The highest BCUT2D eigenvalue weighted by Crippen LogP contribution is 2.21. The first-order valence-electron chi connectivity index (χ1n) is 8.94. The van der Waals surface area contributed by atoms with Crippen molar-refractivity contribution in [3.63, 3.8) is 0 Å². The van der Waals surface area contributed by atoms with E-state index in [9.17, 15) is 18.0 Å². The quantitative estimate of drug-likeness (QED) is 0.589. The van der Waals surface area contributed by atoms with Crippen molar-refractivity contribution in [2.75, 3.05) is 13.2 Å². The van der Waals surface area contributed by atoms with Crippen molar-refractivity contribution in [1.29, 1.82) is 0 Å². The summed E-state index contributed by atoms with van der Waals surface area (Å²) in [5.41, 5.74) is 1.55. The van der Waals surface area contributed by atoms with Gasteiger partial charge in [0.05, 0.1) is 6.04 Å². The Hall–Kier alpha value is -3.16. The molecule has 2 rings (SSSR count). The summed E-state index contributed by atoms with van der Waals surface area (Å²) < 4.78 is 46.8. The van der Waals surface area contributed by atoms with E-state index in [-0.39, 0.29) is 24.4 Å². The third-order valence-corrected chi connectivity index (χ3v) is 3.90. The summed E-state index contributed by atoms with van der Waals surface area (Å²) in [6.45, 7) is 4.67. The smallest absolute Gasteiger partial charge is 0.422 e. The molecule has 2 amide bonds. The molecule has 2 aromatic carbocycles. The second kappa shape index (κ2) is 10.4. The fourth-order valence-electron chi connectivity index (χ4n) is 2.46. The zero-order valence-electron chi connectivity index (χ0n) is 16.0. The van der Waals surface area contributed by atoms with Crippen molar-refractivity contribution in [2.45, 2.75) is 25.7 Å². The van der Waals surface area contributed by atoms with Crippen LogP contribution in [-0.4, -0.2) is 25.4 Å². The van der Waals surface area contributed by atoms with Gasteiger partial charge in [0.25, 0.3) is 0 Å². The number of hydrogen-bond donors (Lipinski definition) is 2. The molecule has 0 saturated carbocycles. The second-order valence-electron chi connectivity index (χ2n) is 6.23. The minimum Gasteiger partial charge on any atom is -0.489 e. The van der Waals surface area contributed by atoms with E-state index in [1.807, 2.05) is 24.3 Å². The fourth-order valence-corrected chi connectivity index (χ4v) is 2.46. The maximum Gasteiger partial charge on any atom is 0.422 e. The Morgan fingerprint density at radius 3 is 2.48 bits per heavy atom. The van der Waals surface area contributed by atoms with Crippen LogP contribution in [0.3, 0.4) is 0 Å². The Kier molecular flexibility index (Phi) is 7.94. The van der Waals surface area contributed by atoms with E-state index in [4.69, 9.17) is 4.74 Å². The first-order chi connectivity index (χ1) is 13.8. The Balaban J connectivity index is 1.85. The summed E-state index contributed by atoms with van der Waals surface area (Å²) in [6, 6.07) is 12.7. The highest BCUT2D eigenvalue weighted by molar-refractivity contribution is 5.74. The van der Waals surface area contributed by atoms with Crippen molar-refractivity contribution in [3.05, 3.63) is 72.3 Å². The number of carbonyl (C=O) groups is 1. The van der Waals surface area contributed by atoms with Gasteiger partial charge in [-0.05, 0) is 30.7 Å². The van der Waals surface area contributed by atoms with Gasteiger partial charge in [0.2, 0.25) is 0 Å². The fraction of sp³-hybridized carbons (Fsp3) is 0.286. The second-order valence-corrected chi connectivity index (χ2v) is 6.23. The Morgan fingerprint density at radius 1 is 1.14 bits per heavy atom. The highest BCUT2D eigenvalue weighted by atomic mass is 19.4. The third kappa shape index (κ3) is 7.77. The SMILES string of the molecule is C=CCOc1ccccc1CNC(=O)NC(C)c1ccc(OCC(F)(F)F)cc1. The normalized spacial score (nSPS) is 12.0. The molecular formula is C21H23F3N2O3. The van der Waals surface area contributed by atoms with Crippen LogP contribution in [0.4, 0.5) is 18.0 Å². The van der Waals surface area contributed by atoms with Gasteiger partial charge in [-0.1, -0.05) is 43.0 Å². The number of benzene rings is 2. The number of rotatable bonds is 9. The molecule has 0 saturated heterocycles. The lowest BCUT2D eigenvalue weighted by Crippen LogP contribution is -2.36. The molecular weight excluding hydrogens is 385 g/mol. The number of carbonyl (C=O) groups excluding carboxylic acids is 1. The Morgan fingerprint density at radius 2 is 1.83 bits per heavy atom. The third-order valence-electron chi connectivity index (χ3n) is 3.90. The molecule has 0 aliphatic carbocycles. The van der Waals surface area contributed by atoms with Gasteiger partial charge in [-0.15, -0.1) is 0 Å². The summed E-state index contributed by atoms with van der Waals surface area (Å²) >= 11 is 0. The molecule has 0 aromatic heterocycles. The number of urea groups is 1. The average molecular weight is 408 g/mol. The van der Waals surface area contributed by atoms with E-state index in [0.29, 0.717) is 12.4 Å². The summed E-state index contributed by atoms with van der Waals surface area (Å²) in [7, 11) is 0. The summed E-state index contributed by atoms with van der Waals surface area (Å²) in [4.78, 5) is 12.2. The maximum absolute atomic E-state index is 12.2. The monoisotopic (exact) mass is 408 g/mol. The molecule has 1 atom stereocenters. The molecule has 0 radical (unpaired) electrons. The molecule has 0 fully saturated rings. The summed E-state index contributed by atoms with van der Waals surface area (Å²) in [6.07, 6.45) is -2.75. The van der Waals surface area contributed by atoms with Crippen LogP contribution < -0.4 is 20.1 Å². The van der Waals surface area contributed by atoms with E-state index in [1.54, 1.807) is 25.1 Å². The lowest BCUT2D eigenvalue weighted by Gasteiger charge is -2.17. The first-order valence-corrected chi connectivity index (χ1v) is 8.94. The molecule has 0 spiro atoms. The van der Waals surface area contributed by atoms with Crippen molar-refractivity contribution in [3.8, 4) is 11.5 Å². The zero-order chi connectivity index (χ0) is 21.3. The van der Waals surface area contributed by atoms with E-state index in [2.05, 4.69) is 21.9 Å². The molecule has 156 valence electrons. The first kappa shape index (κ1) is 22.1. The molecule has 2 aromatic rings. The lowest BCUT2D eigenvalue weighted by molar-refractivity contribution is -0.153. The van der Waals surface area contributed by atoms with Crippen molar-refractivity contribution < 1.29 is 27.4 Å². The number of hydrogen-bond acceptors (Lipinski definition) is 3. The number of para-hydroxylation sites is 1. The summed E-state index contributed by atoms with van der Waals surface area (Å²) in [5, 5.41) is 5.54. The number of amides is 2. The van der Waals surface area contributed by atoms with E-state index in [1.165, 1.54) is 12.1 Å². The molecule has 0 aliphatic rings. The molecule has 0 bridgehead atoms. The highest BCUT2D eigenvalue weighted by Gasteiger charge is 2.28. The van der Waals surface area contributed by atoms with Crippen molar-refractivity contribution >= 4 is 6.03 Å². The molecule has 2 N–H and O–H groups in total. The van der Waals surface area contributed by atoms with Gasteiger partial charge in [-0.3, -0.25) is 0 Å². The molecule has 8 heteroatoms. The van der Waals surface area contributed by atoms with Gasteiger partial charge in [-0.25, -0.2) is 4.79 Å². The topological polar surface area (TPSA) is 59.6 Å². The van der Waals surface area contributed by atoms with Gasteiger partial charge < -0.3 is 20.1 Å². The number of nitrogens with one attached hydrogen (secondary N) is 2.